The van der Waals surface area contributed by atoms with E-state index >= 15 is 0 Å². The second kappa shape index (κ2) is 21.4. The Hall–Kier alpha value is -11.3. The number of hydrogen-bond acceptors (Lipinski definition) is 5. The van der Waals surface area contributed by atoms with Crippen molar-refractivity contribution in [2.45, 2.75) is 26.3 Å². The number of fused-ring (bicyclic) bond motifs is 9. The first-order valence-electron chi connectivity index (χ1n) is 29.7. The van der Waals surface area contributed by atoms with Crippen LogP contribution in [0.3, 0.4) is 0 Å². The van der Waals surface area contributed by atoms with Gasteiger partial charge in [-0.3, -0.25) is 19.9 Å². The van der Waals surface area contributed by atoms with Crippen molar-refractivity contribution in [3.8, 4) is 84.0 Å². The fourth-order valence-corrected chi connectivity index (χ4v) is 13.4. The SMILES string of the molecule is C/C=C\N=C(C)c1ccccc1-c1ccc2c(c1)c1cc(-c3ccccc3-c3ccccn3)ccc1n2C1C=Cc2oc3ccc(-n4c5ccc(-c6ccccc6-c6ccccn6)cc5c5cc(-c6ccccc6-c6ccccn6)ccc54)cc3c2C1. The molecule has 6 aromatic heterocycles. The quantitative estimate of drug-likeness (QED) is 0.121. The molecule has 0 aliphatic heterocycles. The van der Waals surface area contributed by atoms with Gasteiger partial charge in [0.1, 0.15) is 11.3 Å². The maximum atomic E-state index is 6.80. The number of benzene rings is 9. The Kier molecular flexibility index (Phi) is 12.6. The van der Waals surface area contributed by atoms with Gasteiger partial charge in [0.05, 0.1) is 34.2 Å². The Morgan fingerprint density at radius 2 is 0.885 bits per heavy atom. The molecule has 16 rings (SSSR count). The molecule has 0 saturated heterocycles. The van der Waals surface area contributed by atoms with Crippen LogP contribution in [-0.4, -0.2) is 29.8 Å². The molecule has 1 aliphatic rings. The molecule has 15 aromatic rings. The van der Waals surface area contributed by atoms with Crippen LogP contribution in [0, 0.1) is 0 Å². The lowest BCUT2D eigenvalue weighted by Gasteiger charge is -2.21. The van der Waals surface area contributed by atoms with Crippen molar-refractivity contribution in [2.75, 3.05) is 0 Å². The third-order valence-electron chi connectivity index (χ3n) is 17.4. The zero-order chi connectivity index (χ0) is 58.0. The van der Waals surface area contributed by atoms with Gasteiger partial charge >= 0.3 is 0 Å². The first-order chi connectivity index (χ1) is 43.0. The van der Waals surface area contributed by atoms with E-state index in [2.05, 4.69) is 253 Å². The molecule has 1 aliphatic carbocycles. The van der Waals surface area contributed by atoms with Crippen LogP contribution in [0.5, 0.6) is 0 Å². The van der Waals surface area contributed by atoms with Crippen molar-refractivity contribution < 1.29 is 4.42 Å². The topological polar surface area (TPSA) is 74.0 Å². The minimum Gasteiger partial charge on any atom is -0.456 e. The lowest BCUT2D eigenvalue weighted by atomic mass is 9.94. The summed E-state index contributed by atoms with van der Waals surface area (Å²) in [5.74, 6) is 0.899. The number of rotatable bonds is 11. The summed E-state index contributed by atoms with van der Waals surface area (Å²) in [4.78, 5) is 19.2. The van der Waals surface area contributed by atoms with Gasteiger partial charge in [-0.1, -0.05) is 152 Å². The van der Waals surface area contributed by atoms with E-state index in [1.807, 2.05) is 56.0 Å². The Morgan fingerprint density at radius 3 is 1.37 bits per heavy atom. The molecule has 9 aromatic carbocycles. The molecule has 412 valence electrons. The van der Waals surface area contributed by atoms with Gasteiger partial charge in [-0.05, 0) is 168 Å². The van der Waals surface area contributed by atoms with Crippen LogP contribution >= 0.6 is 0 Å². The molecule has 0 fully saturated rings. The van der Waals surface area contributed by atoms with Gasteiger partial charge in [-0.25, -0.2) is 0 Å². The van der Waals surface area contributed by atoms with Gasteiger partial charge in [0.15, 0.2) is 0 Å². The predicted molar refractivity (Wildman–Crippen MR) is 360 cm³/mol. The Bertz CT molecular complexity index is 5140. The molecule has 0 N–H and O–H groups in total. The molecular formula is C80H56N6O. The van der Waals surface area contributed by atoms with E-state index in [0.29, 0.717) is 0 Å². The third-order valence-corrected chi connectivity index (χ3v) is 17.4. The molecule has 87 heavy (non-hydrogen) atoms. The molecule has 7 heteroatoms. The summed E-state index contributed by atoms with van der Waals surface area (Å²) in [5.41, 5.74) is 25.0. The van der Waals surface area contributed by atoms with Crippen molar-refractivity contribution in [3.05, 3.63) is 296 Å². The molecule has 1 unspecified atom stereocenters. The average molecular weight is 1120 g/mol. The molecule has 6 heterocycles. The van der Waals surface area contributed by atoms with Crippen molar-refractivity contribution in [2.24, 2.45) is 4.99 Å². The standard InChI is InChI=1S/C80H56N6O/c1-3-41-81-51(2)58-18-4-5-19-59(58)52-29-35-75-66(45-52)67-46-53(60-20-6-9-23-63(60)72-26-12-15-42-82-72)30-36-76(67)85(75)56-33-39-79-70(49-56)71-50-57(34-40-80(71)87-79)86-77-37-31-54(61-21-7-10-24-64(61)73-27-13-16-43-83-73)47-68(77)69-48-55(32-38-78(69)86)62-22-8-11-25-65(62)74-28-14-17-44-84-74/h3-48,50,56H,49H2,1-2H3/b41-3-,81-51?. The number of furan rings is 1. The Morgan fingerprint density at radius 1 is 0.448 bits per heavy atom. The van der Waals surface area contributed by atoms with Crippen molar-refractivity contribution in [3.63, 3.8) is 0 Å². The van der Waals surface area contributed by atoms with Crippen LogP contribution in [0.15, 0.2) is 289 Å². The van der Waals surface area contributed by atoms with E-state index in [1.54, 1.807) is 0 Å². The second-order valence-electron chi connectivity index (χ2n) is 22.4. The predicted octanol–water partition coefficient (Wildman–Crippen LogP) is 20.6. The molecule has 0 bridgehead atoms. The van der Waals surface area contributed by atoms with E-state index in [-0.39, 0.29) is 6.04 Å². The van der Waals surface area contributed by atoms with Gasteiger partial charge in [-0.2, -0.15) is 0 Å². The Balaban J connectivity index is 0.844. The molecule has 7 nitrogen and oxygen atoms in total. The summed E-state index contributed by atoms with van der Waals surface area (Å²) < 4.78 is 11.8. The minimum absolute atomic E-state index is 0.0186. The summed E-state index contributed by atoms with van der Waals surface area (Å²) >= 11 is 0. The van der Waals surface area contributed by atoms with Crippen molar-refractivity contribution >= 4 is 66.4 Å². The summed E-state index contributed by atoms with van der Waals surface area (Å²) in [6, 6.07) is 87.3. The van der Waals surface area contributed by atoms with E-state index in [0.717, 1.165) is 140 Å². The summed E-state index contributed by atoms with van der Waals surface area (Å²) in [6.45, 7) is 4.09. The number of nitrogens with zero attached hydrogens (tertiary/aromatic N) is 6. The lowest BCUT2D eigenvalue weighted by molar-refractivity contribution is 0.572. The number of pyridine rings is 3. The molecule has 0 radical (unpaired) electrons. The smallest absolute Gasteiger partial charge is 0.135 e. The summed E-state index contributed by atoms with van der Waals surface area (Å²) in [5, 5.41) is 5.80. The van der Waals surface area contributed by atoms with Crippen LogP contribution < -0.4 is 0 Å². The van der Waals surface area contributed by atoms with E-state index in [4.69, 9.17) is 24.4 Å². The van der Waals surface area contributed by atoms with Gasteiger partial charge in [0.2, 0.25) is 0 Å². The number of aliphatic imine (C=N–C) groups is 1. The second-order valence-corrected chi connectivity index (χ2v) is 22.4. The summed E-state index contributed by atoms with van der Waals surface area (Å²) in [7, 11) is 0. The van der Waals surface area contributed by atoms with Crippen LogP contribution in [0.25, 0.3) is 145 Å². The third kappa shape index (κ3) is 8.90. The van der Waals surface area contributed by atoms with E-state index in [1.165, 1.54) is 27.4 Å². The van der Waals surface area contributed by atoms with E-state index in [9.17, 15) is 0 Å². The maximum Gasteiger partial charge on any atom is 0.135 e. The average Bonchev–Trinajstić information content (AvgIpc) is 1.83. The molecule has 0 spiro atoms. The van der Waals surface area contributed by atoms with Crippen LogP contribution in [0.4, 0.5) is 0 Å². The molecule has 1 atom stereocenters. The highest BCUT2D eigenvalue weighted by Crippen LogP contribution is 2.45. The van der Waals surface area contributed by atoms with E-state index < -0.39 is 0 Å². The molecule has 0 amide bonds. The zero-order valence-electron chi connectivity index (χ0n) is 48.0. The molecule has 0 saturated carbocycles. The van der Waals surface area contributed by atoms with Crippen LogP contribution in [0.2, 0.25) is 0 Å². The fraction of sp³-hybridized carbons (Fsp3) is 0.0500. The van der Waals surface area contributed by atoms with Crippen LogP contribution in [0.1, 0.15) is 36.8 Å². The van der Waals surface area contributed by atoms with Gasteiger partial charge in [0.25, 0.3) is 0 Å². The number of allylic oxidation sites excluding steroid dienone is 2. The van der Waals surface area contributed by atoms with Gasteiger partial charge < -0.3 is 13.6 Å². The Labute approximate surface area is 503 Å². The first kappa shape index (κ1) is 51.4. The largest absolute Gasteiger partial charge is 0.456 e. The lowest BCUT2D eigenvalue weighted by Crippen LogP contribution is -2.12. The normalized spacial score (nSPS) is 13.4. The van der Waals surface area contributed by atoms with Gasteiger partial charge in [-0.15, -0.1) is 0 Å². The monoisotopic (exact) mass is 1120 g/mol. The summed E-state index contributed by atoms with van der Waals surface area (Å²) in [6.07, 6.45) is 14.7. The highest BCUT2D eigenvalue weighted by Gasteiger charge is 2.27. The van der Waals surface area contributed by atoms with Crippen molar-refractivity contribution in [1.29, 1.82) is 0 Å². The highest BCUT2D eigenvalue weighted by molar-refractivity contribution is 6.14. The van der Waals surface area contributed by atoms with Gasteiger partial charge in [0, 0.05) is 108 Å². The first-order valence-corrected chi connectivity index (χ1v) is 29.7. The highest BCUT2D eigenvalue weighted by atomic mass is 16.3. The van der Waals surface area contributed by atoms with Crippen LogP contribution in [-0.2, 0) is 6.42 Å². The maximum absolute atomic E-state index is 6.80. The van der Waals surface area contributed by atoms with Crippen molar-refractivity contribution in [1.82, 2.24) is 24.1 Å². The molecular weight excluding hydrogens is 1060 g/mol. The zero-order valence-corrected chi connectivity index (χ0v) is 48.0. The minimum atomic E-state index is -0.0186. The fourth-order valence-electron chi connectivity index (χ4n) is 13.4. The number of aromatic nitrogens is 5. The number of hydrogen-bond donors (Lipinski definition) is 0.